The van der Waals surface area contributed by atoms with Crippen molar-refractivity contribution in [1.29, 1.82) is 0 Å². The Morgan fingerprint density at radius 2 is 2.00 bits per heavy atom. The van der Waals surface area contributed by atoms with Crippen LogP contribution in [0.1, 0.15) is 16.1 Å². The van der Waals surface area contributed by atoms with Crippen LogP contribution in [-0.4, -0.2) is 34.8 Å². The number of carbonyl (C=O) groups is 2. The topological polar surface area (TPSA) is 79.3 Å². The van der Waals surface area contributed by atoms with E-state index in [2.05, 4.69) is 15.7 Å². The Morgan fingerprint density at radius 1 is 1.18 bits per heavy atom. The lowest BCUT2D eigenvalue weighted by atomic mass is 10.1. The molecule has 1 saturated heterocycles. The second kappa shape index (κ2) is 7.74. The third kappa shape index (κ3) is 3.70. The third-order valence-corrected chi connectivity index (χ3v) is 4.77. The summed E-state index contributed by atoms with van der Waals surface area (Å²) in [5.74, 6) is -0.258. The van der Waals surface area contributed by atoms with Gasteiger partial charge in [0.05, 0.1) is 28.6 Å². The number of nitrogens with zero attached hydrogens (tertiary/aromatic N) is 3. The molecule has 2 heterocycles. The smallest absolute Gasteiger partial charge is 0.322 e. The predicted octanol–water partition coefficient (Wildman–Crippen LogP) is 2.99. The van der Waals surface area contributed by atoms with Gasteiger partial charge < -0.3 is 10.6 Å². The van der Waals surface area contributed by atoms with Crippen LogP contribution in [0.3, 0.4) is 0 Å². The lowest BCUT2D eigenvalue weighted by Gasteiger charge is -2.17. The zero-order valence-electron chi connectivity index (χ0n) is 14.9. The lowest BCUT2D eigenvalue weighted by molar-refractivity contribution is 0.0950. The van der Waals surface area contributed by atoms with Gasteiger partial charge in [-0.15, -0.1) is 0 Å². The fourth-order valence-electron chi connectivity index (χ4n) is 3.02. The van der Waals surface area contributed by atoms with Crippen LogP contribution in [0, 0.1) is 0 Å². The number of hydrogen-bond acceptors (Lipinski definition) is 3. The van der Waals surface area contributed by atoms with E-state index in [9.17, 15) is 9.59 Å². The van der Waals surface area contributed by atoms with Gasteiger partial charge in [0.1, 0.15) is 0 Å². The molecule has 142 valence electrons. The number of nitrogens with one attached hydrogen (secondary N) is 2. The van der Waals surface area contributed by atoms with Crippen molar-refractivity contribution in [3.63, 3.8) is 0 Å². The summed E-state index contributed by atoms with van der Waals surface area (Å²) in [7, 11) is 0. The second-order valence-corrected chi connectivity index (χ2v) is 6.73. The van der Waals surface area contributed by atoms with Gasteiger partial charge in [-0.05, 0) is 36.4 Å². The van der Waals surface area contributed by atoms with Crippen LogP contribution in [0.2, 0.25) is 5.02 Å². The summed E-state index contributed by atoms with van der Waals surface area (Å²) in [6.07, 6.45) is 1.85. The first-order valence-electron chi connectivity index (χ1n) is 8.85. The van der Waals surface area contributed by atoms with Gasteiger partial charge in [0.15, 0.2) is 0 Å². The van der Waals surface area contributed by atoms with Gasteiger partial charge in [-0.3, -0.25) is 9.69 Å². The highest BCUT2D eigenvalue weighted by molar-refractivity contribution is 6.34. The largest absolute Gasteiger partial charge is 0.346 e. The van der Waals surface area contributed by atoms with Gasteiger partial charge in [-0.25, -0.2) is 9.48 Å². The number of rotatable bonds is 5. The second-order valence-electron chi connectivity index (χ2n) is 6.32. The molecule has 3 amide bonds. The molecule has 4 rings (SSSR count). The predicted molar refractivity (Wildman–Crippen MR) is 107 cm³/mol. The normalized spacial score (nSPS) is 13.5. The Kier molecular flexibility index (Phi) is 4.99. The van der Waals surface area contributed by atoms with Gasteiger partial charge >= 0.3 is 6.03 Å². The van der Waals surface area contributed by atoms with Gasteiger partial charge in [-0.2, -0.15) is 5.10 Å². The van der Waals surface area contributed by atoms with E-state index in [1.807, 2.05) is 42.6 Å². The van der Waals surface area contributed by atoms with Gasteiger partial charge in [0, 0.05) is 24.8 Å². The van der Waals surface area contributed by atoms with Crippen molar-refractivity contribution in [3.8, 4) is 5.69 Å². The van der Waals surface area contributed by atoms with E-state index in [1.165, 1.54) is 4.90 Å². The average Bonchev–Trinajstić information content (AvgIpc) is 3.36. The summed E-state index contributed by atoms with van der Waals surface area (Å²) >= 11 is 6.21. The molecule has 0 radical (unpaired) electrons. The van der Waals surface area contributed by atoms with Crippen LogP contribution in [-0.2, 0) is 6.54 Å². The minimum Gasteiger partial charge on any atom is -0.346 e. The fourth-order valence-corrected chi connectivity index (χ4v) is 3.24. The summed E-state index contributed by atoms with van der Waals surface area (Å²) in [5.41, 5.74) is 2.65. The fraction of sp³-hybridized carbons (Fsp3) is 0.150. The third-order valence-electron chi connectivity index (χ3n) is 4.45. The molecule has 0 saturated carbocycles. The summed E-state index contributed by atoms with van der Waals surface area (Å²) in [4.78, 5) is 26.0. The zero-order chi connectivity index (χ0) is 19.5. The molecule has 2 aromatic carbocycles. The molecule has 28 heavy (non-hydrogen) atoms. The zero-order valence-corrected chi connectivity index (χ0v) is 15.7. The maximum atomic E-state index is 12.5. The number of aromatic nitrogens is 2. The molecule has 2 N–H and O–H groups in total. The van der Waals surface area contributed by atoms with Crippen LogP contribution in [0.25, 0.3) is 5.69 Å². The molecule has 0 atom stereocenters. The number of urea groups is 1. The molecule has 8 heteroatoms. The standard InChI is InChI=1S/C20H18ClN5O2/c21-17-7-6-14(12-18(17)25-11-9-22-20(25)28)19(27)23-13-15-8-10-26(24-15)16-4-2-1-3-5-16/h1-8,10,12H,9,11,13H2,(H,22,28)(H,23,27). The lowest BCUT2D eigenvalue weighted by Crippen LogP contribution is -2.28. The van der Waals surface area contributed by atoms with Crippen LogP contribution in [0.5, 0.6) is 0 Å². The number of amides is 3. The van der Waals surface area contributed by atoms with E-state index in [1.54, 1.807) is 22.9 Å². The number of benzene rings is 2. The Labute approximate surface area is 166 Å². The summed E-state index contributed by atoms with van der Waals surface area (Å²) in [6.45, 7) is 1.36. The van der Waals surface area contributed by atoms with E-state index in [0.29, 0.717) is 35.9 Å². The van der Waals surface area contributed by atoms with Crippen molar-refractivity contribution in [1.82, 2.24) is 20.4 Å². The molecule has 1 fully saturated rings. The monoisotopic (exact) mass is 395 g/mol. The number of hydrogen-bond donors (Lipinski definition) is 2. The number of para-hydroxylation sites is 1. The molecule has 1 aliphatic heterocycles. The minimum atomic E-state index is -0.258. The van der Waals surface area contributed by atoms with E-state index in [4.69, 9.17) is 11.6 Å². The number of anilines is 1. The Morgan fingerprint density at radius 3 is 2.75 bits per heavy atom. The molecular weight excluding hydrogens is 378 g/mol. The van der Waals surface area contributed by atoms with Crippen LogP contribution in [0.15, 0.2) is 60.8 Å². The van der Waals surface area contributed by atoms with Crippen molar-refractivity contribution < 1.29 is 9.59 Å². The van der Waals surface area contributed by atoms with E-state index in [0.717, 1.165) is 11.4 Å². The maximum absolute atomic E-state index is 12.5. The van der Waals surface area contributed by atoms with Crippen LogP contribution >= 0.6 is 11.6 Å². The molecule has 7 nitrogen and oxygen atoms in total. The SMILES string of the molecule is O=C(NCc1ccn(-c2ccccc2)n1)c1ccc(Cl)c(N2CCNC2=O)c1. The first-order chi connectivity index (χ1) is 13.6. The van der Waals surface area contributed by atoms with Crippen molar-refractivity contribution >= 4 is 29.2 Å². The van der Waals surface area contributed by atoms with Gasteiger partial charge in [-0.1, -0.05) is 29.8 Å². The Balaban J connectivity index is 1.44. The van der Waals surface area contributed by atoms with Gasteiger partial charge in [0.25, 0.3) is 5.91 Å². The van der Waals surface area contributed by atoms with Crippen molar-refractivity contribution in [2.24, 2.45) is 0 Å². The maximum Gasteiger partial charge on any atom is 0.322 e. The van der Waals surface area contributed by atoms with Crippen molar-refractivity contribution in [2.45, 2.75) is 6.54 Å². The Hall–Kier alpha value is -3.32. The molecular formula is C20H18ClN5O2. The summed E-state index contributed by atoms with van der Waals surface area (Å²) < 4.78 is 1.76. The molecule has 0 aliphatic carbocycles. The highest BCUT2D eigenvalue weighted by atomic mass is 35.5. The van der Waals surface area contributed by atoms with Crippen molar-refractivity contribution in [2.75, 3.05) is 18.0 Å². The first-order valence-corrected chi connectivity index (χ1v) is 9.23. The summed E-state index contributed by atoms with van der Waals surface area (Å²) in [6, 6.07) is 16.3. The van der Waals surface area contributed by atoms with E-state index < -0.39 is 0 Å². The quantitative estimate of drug-likeness (QED) is 0.697. The first kappa shape index (κ1) is 18.1. The number of carbonyl (C=O) groups excluding carboxylic acids is 2. The minimum absolute atomic E-state index is 0.217. The molecule has 0 spiro atoms. The van der Waals surface area contributed by atoms with Crippen LogP contribution < -0.4 is 15.5 Å². The molecule has 0 bridgehead atoms. The van der Waals surface area contributed by atoms with E-state index in [-0.39, 0.29) is 11.9 Å². The molecule has 1 aliphatic rings. The summed E-state index contributed by atoms with van der Waals surface area (Å²) in [5, 5.41) is 10.5. The van der Waals surface area contributed by atoms with Crippen molar-refractivity contribution in [3.05, 3.63) is 77.1 Å². The number of halogens is 1. The van der Waals surface area contributed by atoms with Crippen LogP contribution in [0.4, 0.5) is 10.5 Å². The Bertz CT molecular complexity index is 1020. The highest BCUT2D eigenvalue weighted by Crippen LogP contribution is 2.28. The molecule has 0 unspecified atom stereocenters. The average molecular weight is 396 g/mol. The van der Waals surface area contributed by atoms with Gasteiger partial charge in [0.2, 0.25) is 0 Å². The molecule has 1 aromatic heterocycles. The van der Waals surface area contributed by atoms with E-state index >= 15 is 0 Å². The molecule has 3 aromatic rings. The highest BCUT2D eigenvalue weighted by Gasteiger charge is 2.24.